The third-order valence-corrected chi connectivity index (χ3v) is 5.54. The molecule has 1 amide bonds. The van der Waals surface area contributed by atoms with E-state index in [1.807, 2.05) is 12.1 Å². The van der Waals surface area contributed by atoms with Gasteiger partial charge in [0.05, 0.1) is 0 Å². The standard InChI is InChI=1S/C24H34N2O4/c1-7-8-16-11-21(27)30-20-12-18(9-10-19(16)20)29-15(2)22(28)25-17-13-23(3,4)26-24(5,6)14-17/h9-12,15,17,26H,7-8,13-14H2,1-6H3,(H,25,28)/t15-/m0/s1. The van der Waals surface area contributed by atoms with E-state index < -0.39 is 6.10 Å². The predicted molar refractivity (Wildman–Crippen MR) is 119 cm³/mol. The first-order valence-electron chi connectivity index (χ1n) is 10.8. The van der Waals surface area contributed by atoms with E-state index in [0.717, 1.165) is 36.6 Å². The number of hydrogen-bond donors (Lipinski definition) is 2. The molecule has 2 heterocycles. The van der Waals surface area contributed by atoms with Crippen molar-refractivity contribution < 1.29 is 13.9 Å². The van der Waals surface area contributed by atoms with Crippen LogP contribution >= 0.6 is 0 Å². The molecule has 0 unspecified atom stereocenters. The van der Waals surface area contributed by atoms with Crippen LogP contribution in [-0.4, -0.2) is 29.1 Å². The van der Waals surface area contributed by atoms with E-state index in [1.165, 1.54) is 0 Å². The Bertz CT molecular complexity index is 961. The largest absolute Gasteiger partial charge is 0.481 e. The number of amides is 1. The van der Waals surface area contributed by atoms with Gasteiger partial charge in [0.2, 0.25) is 0 Å². The number of hydrogen-bond acceptors (Lipinski definition) is 5. The van der Waals surface area contributed by atoms with Crippen molar-refractivity contribution in [2.75, 3.05) is 0 Å². The average molecular weight is 415 g/mol. The van der Waals surface area contributed by atoms with E-state index in [4.69, 9.17) is 9.15 Å². The van der Waals surface area contributed by atoms with Gasteiger partial charge in [-0.05, 0) is 71.6 Å². The molecule has 1 saturated heterocycles. The molecule has 0 saturated carbocycles. The van der Waals surface area contributed by atoms with E-state index in [1.54, 1.807) is 19.1 Å². The number of carbonyl (C=O) groups excluding carboxylic acids is 1. The predicted octanol–water partition coefficient (Wildman–Crippen LogP) is 3.94. The highest BCUT2D eigenvalue weighted by molar-refractivity contribution is 5.83. The maximum Gasteiger partial charge on any atom is 0.336 e. The Morgan fingerprint density at radius 3 is 2.53 bits per heavy atom. The molecule has 0 bridgehead atoms. The number of rotatable bonds is 6. The summed E-state index contributed by atoms with van der Waals surface area (Å²) in [6.45, 7) is 12.4. The van der Waals surface area contributed by atoms with Crippen LogP contribution in [0.3, 0.4) is 0 Å². The topological polar surface area (TPSA) is 80.6 Å². The summed E-state index contributed by atoms with van der Waals surface area (Å²) in [5.41, 5.74) is 0.992. The molecule has 1 aliphatic rings. The summed E-state index contributed by atoms with van der Waals surface area (Å²) in [7, 11) is 0. The van der Waals surface area contributed by atoms with Gasteiger partial charge in [0.1, 0.15) is 11.3 Å². The first-order valence-corrected chi connectivity index (χ1v) is 10.8. The van der Waals surface area contributed by atoms with Crippen LogP contribution in [0.5, 0.6) is 5.75 Å². The molecule has 2 aromatic rings. The van der Waals surface area contributed by atoms with Crippen molar-refractivity contribution in [1.29, 1.82) is 0 Å². The number of nitrogens with one attached hydrogen (secondary N) is 2. The number of aryl methyl sites for hydroxylation is 1. The molecule has 30 heavy (non-hydrogen) atoms. The zero-order chi connectivity index (χ0) is 22.1. The Hall–Kier alpha value is -2.34. The quantitative estimate of drug-likeness (QED) is 0.700. The number of ether oxygens (including phenoxy) is 1. The Morgan fingerprint density at radius 2 is 1.90 bits per heavy atom. The Balaban J connectivity index is 1.70. The monoisotopic (exact) mass is 414 g/mol. The lowest BCUT2D eigenvalue weighted by Crippen LogP contribution is -2.62. The fourth-order valence-electron chi connectivity index (χ4n) is 4.76. The molecule has 6 nitrogen and oxygen atoms in total. The first kappa shape index (κ1) is 22.3. The number of benzene rings is 1. The van der Waals surface area contributed by atoms with Gasteiger partial charge in [0, 0.05) is 34.6 Å². The number of carbonyl (C=O) groups is 1. The summed E-state index contributed by atoms with van der Waals surface area (Å²) >= 11 is 0. The van der Waals surface area contributed by atoms with Gasteiger partial charge in [-0.15, -0.1) is 0 Å². The Morgan fingerprint density at radius 1 is 1.23 bits per heavy atom. The molecular formula is C24H34N2O4. The zero-order valence-corrected chi connectivity index (χ0v) is 18.9. The second kappa shape index (κ2) is 8.42. The summed E-state index contributed by atoms with van der Waals surface area (Å²) in [6.07, 6.45) is 2.81. The van der Waals surface area contributed by atoms with Gasteiger partial charge in [-0.3, -0.25) is 4.79 Å². The minimum absolute atomic E-state index is 0.0458. The molecule has 3 rings (SSSR count). The third-order valence-electron chi connectivity index (χ3n) is 5.54. The summed E-state index contributed by atoms with van der Waals surface area (Å²) in [4.78, 5) is 24.6. The van der Waals surface area contributed by atoms with Crippen LogP contribution in [0.2, 0.25) is 0 Å². The molecule has 6 heteroatoms. The molecule has 0 spiro atoms. The van der Waals surface area contributed by atoms with Crippen molar-refractivity contribution in [2.45, 2.75) is 90.4 Å². The summed E-state index contributed by atoms with van der Waals surface area (Å²) in [5, 5.41) is 7.67. The van der Waals surface area contributed by atoms with Crippen LogP contribution in [0.4, 0.5) is 0 Å². The van der Waals surface area contributed by atoms with E-state index in [-0.39, 0.29) is 28.7 Å². The fraction of sp³-hybridized carbons (Fsp3) is 0.583. The van der Waals surface area contributed by atoms with Crippen LogP contribution in [0.15, 0.2) is 33.5 Å². The van der Waals surface area contributed by atoms with Gasteiger partial charge in [0.25, 0.3) is 5.91 Å². The van der Waals surface area contributed by atoms with Gasteiger partial charge in [-0.25, -0.2) is 4.79 Å². The average Bonchev–Trinajstić information content (AvgIpc) is 2.58. The van der Waals surface area contributed by atoms with Gasteiger partial charge in [-0.2, -0.15) is 0 Å². The van der Waals surface area contributed by atoms with Gasteiger partial charge >= 0.3 is 5.63 Å². The lowest BCUT2D eigenvalue weighted by molar-refractivity contribution is -0.128. The molecule has 1 fully saturated rings. The van der Waals surface area contributed by atoms with E-state index >= 15 is 0 Å². The second-order valence-electron chi connectivity index (χ2n) is 9.77. The third kappa shape index (κ3) is 5.42. The normalized spacial score (nSPS) is 19.4. The fourth-order valence-corrected chi connectivity index (χ4v) is 4.76. The molecule has 0 aliphatic carbocycles. The first-order chi connectivity index (χ1) is 14.0. The molecule has 1 aromatic carbocycles. The summed E-state index contributed by atoms with van der Waals surface area (Å²) < 4.78 is 11.2. The van der Waals surface area contributed by atoms with Crippen LogP contribution in [0.1, 0.15) is 66.4 Å². The van der Waals surface area contributed by atoms with Gasteiger partial charge < -0.3 is 19.8 Å². The zero-order valence-electron chi connectivity index (χ0n) is 18.9. The molecule has 1 aromatic heterocycles. The smallest absolute Gasteiger partial charge is 0.336 e. The van der Waals surface area contributed by atoms with Crippen molar-refractivity contribution in [3.63, 3.8) is 0 Å². The van der Waals surface area contributed by atoms with Crippen LogP contribution in [0, 0.1) is 0 Å². The Kier molecular flexibility index (Phi) is 6.27. The van der Waals surface area contributed by atoms with Crippen molar-refractivity contribution in [2.24, 2.45) is 0 Å². The minimum atomic E-state index is -0.658. The van der Waals surface area contributed by atoms with Crippen LogP contribution < -0.4 is 21.0 Å². The molecule has 164 valence electrons. The van der Waals surface area contributed by atoms with Gasteiger partial charge in [0.15, 0.2) is 6.10 Å². The highest BCUT2D eigenvalue weighted by Gasteiger charge is 2.38. The lowest BCUT2D eigenvalue weighted by atomic mass is 9.79. The molecule has 2 N–H and O–H groups in total. The number of fused-ring (bicyclic) bond motifs is 1. The minimum Gasteiger partial charge on any atom is -0.481 e. The van der Waals surface area contributed by atoms with Crippen LogP contribution in [-0.2, 0) is 11.2 Å². The SMILES string of the molecule is CCCc1cc(=O)oc2cc(O[C@@H](C)C(=O)NC3CC(C)(C)NC(C)(C)C3)ccc12. The van der Waals surface area contributed by atoms with E-state index in [0.29, 0.717) is 11.3 Å². The summed E-state index contributed by atoms with van der Waals surface area (Å²) in [5.74, 6) is 0.364. The van der Waals surface area contributed by atoms with Crippen molar-refractivity contribution in [1.82, 2.24) is 10.6 Å². The maximum atomic E-state index is 12.8. The van der Waals surface area contributed by atoms with E-state index in [9.17, 15) is 9.59 Å². The highest BCUT2D eigenvalue weighted by atomic mass is 16.5. The molecule has 1 aliphatic heterocycles. The van der Waals surface area contributed by atoms with E-state index in [2.05, 4.69) is 45.3 Å². The van der Waals surface area contributed by atoms with Crippen molar-refractivity contribution >= 4 is 16.9 Å². The van der Waals surface area contributed by atoms with Gasteiger partial charge in [-0.1, -0.05) is 13.3 Å². The maximum absolute atomic E-state index is 12.8. The van der Waals surface area contributed by atoms with Crippen molar-refractivity contribution in [3.05, 3.63) is 40.2 Å². The Labute approximate surface area is 178 Å². The lowest BCUT2D eigenvalue weighted by Gasteiger charge is -2.46. The molecular weight excluding hydrogens is 380 g/mol. The summed E-state index contributed by atoms with van der Waals surface area (Å²) in [6, 6.07) is 7.03. The molecule has 1 atom stereocenters. The molecule has 0 radical (unpaired) electrons. The van der Waals surface area contributed by atoms with Crippen LogP contribution in [0.25, 0.3) is 11.0 Å². The second-order valence-corrected chi connectivity index (χ2v) is 9.77. The number of piperidine rings is 1. The highest BCUT2D eigenvalue weighted by Crippen LogP contribution is 2.29. The van der Waals surface area contributed by atoms with Crippen molar-refractivity contribution in [3.8, 4) is 5.75 Å².